The average Bonchev–Trinajstić information content (AvgIpc) is 3.79. The molecule has 10 aromatic rings. The lowest BCUT2D eigenvalue weighted by atomic mass is 9.92. The molecular weight excluding hydrogens is 641 g/mol. The van der Waals surface area contributed by atoms with Crippen LogP contribution in [0.3, 0.4) is 0 Å². The molecule has 1 aliphatic heterocycles. The van der Waals surface area contributed by atoms with Crippen molar-refractivity contribution in [2.24, 2.45) is 9.98 Å². The minimum atomic E-state index is -0.376. The van der Waals surface area contributed by atoms with Gasteiger partial charge in [-0.25, -0.2) is 9.98 Å². The van der Waals surface area contributed by atoms with Gasteiger partial charge in [0.2, 0.25) is 0 Å². The van der Waals surface area contributed by atoms with Gasteiger partial charge in [-0.2, -0.15) is 0 Å². The highest BCUT2D eigenvalue weighted by atomic mass is 16.3. The van der Waals surface area contributed by atoms with E-state index in [9.17, 15) is 0 Å². The summed E-state index contributed by atoms with van der Waals surface area (Å²) in [6, 6.07) is 50.5. The normalized spacial score (nSPS) is 14.7. The minimum Gasteiger partial charge on any atom is -0.456 e. The number of furan rings is 2. The Morgan fingerprint density at radius 1 is 0.481 bits per heavy atom. The second-order valence-electron chi connectivity index (χ2n) is 13.2. The molecule has 0 spiro atoms. The maximum absolute atomic E-state index is 6.29. The average molecular weight is 669 g/mol. The first-order chi connectivity index (χ1) is 25.8. The number of fused-ring (bicyclic) bond motifs is 8. The smallest absolute Gasteiger partial charge is 0.160 e. The molecule has 11 rings (SSSR count). The van der Waals surface area contributed by atoms with Crippen LogP contribution in [0.2, 0.25) is 0 Å². The largest absolute Gasteiger partial charge is 0.456 e. The Hall–Kier alpha value is -7.05. The van der Waals surface area contributed by atoms with E-state index in [4.69, 9.17) is 18.8 Å². The molecule has 1 unspecified atom stereocenters. The number of para-hydroxylation sites is 1. The van der Waals surface area contributed by atoms with Gasteiger partial charge in [0.15, 0.2) is 11.4 Å². The van der Waals surface area contributed by atoms with E-state index in [-0.39, 0.29) is 6.17 Å². The van der Waals surface area contributed by atoms with Gasteiger partial charge in [-0.05, 0) is 68.6 Å². The maximum atomic E-state index is 6.29. The molecule has 0 amide bonds. The van der Waals surface area contributed by atoms with Crippen LogP contribution in [-0.4, -0.2) is 16.7 Å². The summed E-state index contributed by atoms with van der Waals surface area (Å²) in [5, 5.41) is 12.5. The summed E-state index contributed by atoms with van der Waals surface area (Å²) in [6.07, 6.45) is 3.23. The molecule has 52 heavy (non-hydrogen) atoms. The summed E-state index contributed by atoms with van der Waals surface area (Å²) in [5.41, 5.74) is 8.48. The third-order valence-corrected chi connectivity index (χ3v) is 10.2. The van der Waals surface area contributed by atoms with E-state index in [0.29, 0.717) is 5.84 Å². The highest BCUT2D eigenvalue weighted by molar-refractivity contribution is 6.24. The van der Waals surface area contributed by atoms with Crippen molar-refractivity contribution in [3.63, 3.8) is 0 Å². The standard InChI is InChI=1S/C46H28N4O2/c1-2-10-28-25-29(20-19-27(28)9-1)44-48-45(50-46(49-44)37-15-8-18-40-43(37)35-13-5-6-16-38(35)51-40)34-22-21-32(30-11-3-4-12-31(30)34)33-14-7-17-39-42(33)36-23-24-47-26-41(36)52-39/h1-26,44H,(H,48,49,50). The van der Waals surface area contributed by atoms with Gasteiger partial charge in [0.1, 0.15) is 28.8 Å². The summed E-state index contributed by atoms with van der Waals surface area (Å²) in [5.74, 6) is 1.41. The van der Waals surface area contributed by atoms with E-state index in [2.05, 4.69) is 113 Å². The first-order valence-electron chi connectivity index (χ1n) is 17.4. The summed E-state index contributed by atoms with van der Waals surface area (Å²) < 4.78 is 12.5. The fraction of sp³-hybridized carbons (Fsp3) is 0.0217. The summed E-state index contributed by atoms with van der Waals surface area (Å²) in [4.78, 5) is 14.9. The molecule has 0 bridgehead atoms. The zero-order valence-electron chi connectivity index (χ0n) is 27.7. The molecule has 1 N–H and O–H groups in total. The Kier molecular flexibility index (Phi) is 6.21. The Balaban J connectivity index is 1.13. The topological polar surface area (TPSA) is 75.9 Å². The van der Waals surface area contributed by atoms with Gasteiger partial charge in [0.05, 0.1) is 6.20 Å². The van der Waals surface area contributed by atoms with E-state index in [1.54, 1.807) is 6.20 Å². The van der Waals surface area contributed by atoms with Crippen LogP contribution >= 0.6 is 0 Å². The fourth-order valence-corrected chi connectivity index (χ4v) is 7.86. The van der Waals surface area contributed by atoms with Crippen molar-refractivity contribution >= 4 is 77.1 Å². The summed E-state index contributed by atoms with van der Waals surface area (Å²) in [6.45, 7) is 0. The molecule has 0 radical (unpaired) electrons. The Morgan fingerprint density at radius 3 is 2.00 bits per heavy atom. The van der Waals surface area contributed by atoms with E-state index < -0.39 is 0 Å². The van der Waals surface area contributed by atoms with E-state index in [0.717, 1.165) is 93.7 Å². The lowest BCUT2D eigenvalue weighted by Gasteiger charge is -2.25. The zero-order chi connectivity index (χ0) is 34.2. The molecule has 6 nitrogen and oxygen atoms in total. The van der Waals surface area contributed by atoms with Crippen LogP contribution in [0, 0.1) is 0 Å². The molecule has 0 fully saturated rings. The number of hydrogen-bond acceptors (Lipinski definition) is 6. The first kappa shape index (κ1) is 28.8. The predicted molar refractivity (Wildman–Crippen MR) is 211 cm³/mol. The van der Waals surface area contributed by atoms with Crippen LogP contribution < -0.4 is 5.32 Å². The zero-order valence-corrected chi connectivity index (χ0v) is 27.7. The lowest BCUT2D eigenvalue weighted by molar-refractivity contribution is 0.667. The van der Waals surface area contributed by atoms with Gasteiger partial charge in [0, 0.05) is 38.9 Å². The number of rotatable bonds is 4. The first-order valence-corrected chi connectivity index (χ1v) is 17.4. The van der Waals surface area contributed by atoms with Crippen molar-refractivity contribution in [2.45, 2.75) is 6.17 Å². The molecule has 0 saturated carbocycles. The molecule has 3 aromatic heterocycles. The van der Waals surface area contributed by atoms with Crippen molar-refractivity contribution in [1.29, 1.82) is 0 Å². The molecule has 0 saturated heterocycles. The van der Waals surface area contributed by atoms with E-state index in [1.807, 2.05) is 48.7 Å². The molecule has 4 heterocycles. The van der Waals surface area contributed by atoms with Crippen LogP contribution in [0.15, 0.2) is 177 Å². The monoisotopic (exact) mass is 668 g/mol. The Labute approximate surface area is 297 Å². The van der Waals surface area contributed by atoms with Gasteiger partial charge in [0.25, 0.3) is 0 Å². The number of amidine groups is 2. The van der Waals surface area contributed by atoms with Crippen molar-refractivity contribution in [2.75, 3.05) is 0 Å². The van der Waals surface area contributed by atoms with Crippen LogP contribution in [0.5, 0.6) is 0 Å². The Bertz CT molecular complexity index is 3130. The number of aliphatic imine (C=N–C) groups is 2. The quantitative estimate of drug-likeness (QED) is 0.202. The number of hydrogen-bond donors (Lipinski definition) is 1. The lowest BCUT2D eigenvalue weighted by Crippen LogP contribution is -2.33. The molecular formula is C46H28N4O2. The maximum Gasteiger partial charge on any atom is 0.160 e. The van der Waals surface area contributed by atoms with Gasteiger partial charge in [-0.1, -0.05) is 115 Å². The van der Waals surface area contributed by atoms with Gasteiger partial charge >= 0.3 is 0 Å². The molecule has 7 aromatic carbocycles. The van der Waals surface area contributed by atoms with Crippen LogP contribution in [0.25, 0.3) is 76.5 Å². The minimum absolute atomic E-state index is 0.376. The van der Waals surface area contributed by atoms with Crippen molar-refractivity contribution in [1.82, 2.24) is 10.3 Å². The van der Waals surface area contributed by atoms with Crippen molar-refractivity contribution < 1.29 is 8.83 Å². The molecule has 244 valence electrons. The molecule has 1 atom stereocenters. The highest BCUT2D eigenvalue weighted by Crippen LogP contribution is 2.40. The highest BCUT2D eigenvalue weighted by Gasteiger charge is 2.25. The number of pyridine rings is 1. The van der Waals surface area contributed by atoms with E-state index in [1.165, 1.54) is 5.39 Å². The van der Waals surface area contributed by atoms with E-state index >= 15 is 0 Å². The summed E-state index contributed by atoms with van der Waals surface area (Å²) >= 11 is 0. The number of benzene rings is 7. The predicted octanol–water partition coefficient (Wildman–Crippen LogP) is 11.3. The second-order valence-corrected chi connectivity index (χ2v) is 13.2. The summed E-state index contributed by atoms with van der Waals surface area (Å²) in [7, 11) is 0. The van der Waals surface area contributed by atoms with Crippen molar-refractivity contribution in [3.05, 3.63) is 175 Å². The number of nitrogens with one attached hydrogen (secondary N) is 1. The van der Waals surface area contributed by atoms with Gasteiger partial charge in [-0.3, -0.25) is 4.98 Å². The molecule has 0 aliphatic carbocycles. The van der Waals surface area contributed by atoms with Crippen LogP contribution in [-0.2, 0) is 0 Å². The molecule has 1 aliphatic rings. The van der Waals surface area contributed by atoms with Gasteiger partial charge in [-0.15, -0.1) is 0 Å². The SMILES string of the molecule is c1ccc2cc(C3N=C(c4cccc5oc6ccccc6c45)N=C(c4ccc(-c5cccc6oc7cnccc7c56)c5ccccc45)N3)ccc2c1. The van der Waals surface area contributed by atoms with Gasteiger partial charge < -0.3 is 14.2 Å². The Morgan fingerprint density at radius 2 is 1.13 bits per heavy atom. The third kappa shape index (κ3) is 4.41. The number of nitrogens with zero attached hydrogens (tertiary/aromatic N) is 3. The van der Waals surface area contributed by atoms with Crippen LogP contribution in [0.1, 0.15) is 22.9 Å². The van der Waals surface area contributed by atoms with Crippen molar-refractivity contribution in [3.8, 4) is 11.1 Å². The second kappa shape index (κ2) is 11.2. The molecule has 6 heteroatoms. The van der Waals surface area contributed by atoms with Crippen LogP contribution in [0.4, 0.5) is 0 Å². The fourth-order valence-electron chi connectivity index (χ4n) is 7.86. The third-order valence-electron chi connectivity index (χ3n) is 10.2. The number of aromatic nitrogens is 1.